The molecular weight excluding hydrogens is 290 g/mol. The molecule has 2 aromatic rings. The third-order valence-electron chi connectivity index (χ3n) is 2.87. The summed E-state index contributed by atoms with van der Waals surface area (Å²) in [7, 11) is 1.56. The van der Waals surface area contributed by atoms with Gasteiger partial charge >= 0.3 is 5.69 Å². The number of benzene rings is 1. The maximum Gasteiger partial charge on any atom is 0.344 e. The van der Waals surface area contributed by atoms with Gasteiger partial charge in [-0.3, -0.25) is 9.36 Å². The smallest absolute Gasteiger partial charge is 0.344 e. The van der Waals surface area contributed by atoms with E-state index in [0.717, 1.165) is 0 Å². The number of hydrogen-bond donors (Lipinski definition) is 3. The first-order valence-corrected chi connectivity index (χ1v) is 7.22. The number of aromatic nitrogens is 3. The van der Waals surface area contributed by atoms with Crippen LogP contribution in [0.4, 0.5) is 5.69 Å². The first kappa shape index (κ1) is 15.2. The molecule has 0 atom stereocenters. The maximum atomic E-state index is 11.9. The molecule has 0 bridgehead atoms. The Bertz CT molecular complexity index is 720. The van der Waals surface area contributed by atoms with E-state index in [-0.39, 0.29) is 17.6 Å². The van der Waals surface area contributed by atoms with E-state index < -0.39 is 0 Å². The Morgan fingerprint density at radius 2 is 2.19 bits per heavy atom. The van der Waals surface area contributed by atoms with Crippen LogP contribution in [0.3, 0.4) is 0 Å². The van der Waals surface area contributed by atoms with Crippen LogP contribution in [-0.4, -0.2) is 27.7 Å². The van der Waals surface area contributed by atoms with E-state index in [1.165, 1.54) is 16.3 Å². The van der Waals surface area contributed by atoms with Gasteiger partial charge in [-0.05, 0) is 43.8 Å². The summed E-state index contributed by atoms with van der Waals surface area (Å²) in [5.41, 5.74) is 6.53. The average molecular weight is 307 g/mol. The van der Waals surface area contributed by atoms with E-state index in [1.807, 2.05) is 13.8 Å². The lowest BCUT2D eigenvalue weighted by molar-refractivity contribution is 0.0960. The number of anilines is 1. The van der Waals surface area contributed by atoms with Crippen LogP contribution in [0.25, 0.3) is 0 Å². The number of hydrogen-bond acceptors (Lipinski definition) is 5. The van der Waals surface area contributed by atoms with Crippen molar-refractivity contribution >= 4 is 23.4 Å². The monoisotopic (exact) mass is 307 g/mol. The van der Waals surface area contributed by atoms with Gasteiger partial charge < -0.3 is 11.1 Å². The fraction of sp³-hybridized carbons (Fsp3) is 0.308. The molecule has 0 saturated heterocycles. The standard InChI is InChI=1S/C13H17N5O2S/c1-7(2)18-12(20)16-17-13(18)21-10-6-8(14)4-5-9(10)11(19)15-3/h4-7H,14H2,1-3H3,(H,15,19)(H,16,20). The third-order valence-corrected chi connectivity index (χ3v) is 3.90. The Morgan fingerprint density at radius 3 is 2.81 bits per heavy atom. The van der Waals surface area contributed by atoms with Crippen molar-refractivity contribution in [3.8, 4) is 0 Å². The van der Waals surface area contributed by atoms with Gasteiger partial charge in [0.25, 0.3) is 5.91 Å². The molecule has 1 amide bonds. The number of nitrogens with two attached hydrogens (primary N) is 1. The molecule has 21 heavy (non-hydrogen) atoms. The predicted molar refractivity (Wildman–Crippen MR) is 81.6 cm³/mol. The summed E-state index contributed by atoms with van der Waals surface area (Å²) in [5, 5.41) is 9.50. The zero-order valence-electron chi connectivity index (χ0n) is 12.0. The molecule has 112 valence electrons. The quantitative estimate of drug-likeness (QED) is 0.737. The molecule has 1 aromatic heterocycles. The molecule has 7 nitrogen and oxygen atoms in total. The van der Waals surface area contributed by atoms with E-state index in [2.05, 4.69) is 15.5 Å². The van der Waals surface area contributed by atoms with Gasteiger partial charge in [0, 0.05) is 23.7 Å². The number of nitrogen functional groups attached to an aromatic ring is 1. The lowest BCUT2D eigenvalue weighted by Crippen LogP contribution is -2.20. The lowest BCUT2D eigenvalue weighted by atomic mass is 10.2. The van der Waals surface area contributed by atoms with Crippen molar-refractivity contribution in [2.75, 3.05) is 12.8 Å². The molecule has 0 aliphatic heterocycles. The highest BCUT2D eigenvalue weighted by molar-refractivity contribution is 7.99. The largest absolute Gasteiger partial charge is 0.399 e. The van der Waals surface area contributed by atoms with E-state index in [9.17, 15) is 9.59 Å². The molecule has 1 aromatic carbocycles. The molecule has 0 saturated carbocycles. The van der Waals surface area contributed by atoms with Crippen LogP contribution in [0.15, 0.2) is 33.0 Å². The van der Waals surface area contributed by atoms with E-state index >= 15 is 0 Å². The van der Waals surface area contributed by atoms with Crippen molar-refractivity contribution in [2.45, 2.75) is 29.9 Å². The number of aromatic amines is 1. The summed E-state index contributed by atoms with van der Waals surface area (Å²) < 4.78 is 1.53. The first-order valence-electron chi connectivity index (χ1n) is 6.40. The van der Waals surface area contributed by atoms with E-state index in [1.54, 1.807) is 25.2 Å². The van der Waals surface area contributed by atoms with Crippen LogP contribution in [0.1, 0.15) is 30.2 Å². The molecule has 4 N–H and O–H groups in total. The highest BCUT2D eigenvalue weighted by Crippen LogP contribution is 2.31. The second kappa shape index (κ2) is 6.04. The van der Waals surface area contributed by atoms with Gasteiger partial charge in [-0.25, -0.2) is 9.89 Å². The van der Waals surface area contributed by atoms with Crippen molar-refractivity contribution in [2.24, 2.45) is 0 Å². The fourth-order valence-corrected chi connectivity index (χ4v) is 3.01. The van der Waals surface area contributed by atoms with E-state index in [4.69, 9.17) is 5.73 Å². The Morgan fingerprint density at radius 1 is 1.48 bits per heavy atom. The molecule has 0 aliphatic carbocycles. The molecule has 0 unspecified atom stereocenters. The minimum absolute atomic E-state index is 0.0386. The van der Waals surface area contributed by atoms with Gasteiger partial charge in [-0.2, -0.15) is 0 Å². The Balaban J connectivity index is 2.47. The number of nitrogens with zero attached hydrogens (tertiary/aromatic N) is 2. The molecular formula is C13H17N5O2S. The van der Waals surface area contributed by atoms with Crippen LogP contribution in [0, 0.1) is 0 Å². The fourth-order valence-electron chi connectivity index (χ4n) is 1.86. The van der Waals surface area contributed by atoms with Gasteiger partial charge in [0.15, 0.2) is 5.16 Å². The number of H-pyrrole nitrogens is 1. The van der Waals surface area contributed by atoms with Gasteiger partial charge in [0.1, 0.15) is 0 Å². The van der Waals surface area contributed by atoms with Gasteiger partial charge in [-0.15, -0.1) is 5.10 Å². The summed E-state index contributed by atoms with van der Waals surface area (Å²) in [4.78, 5) is 24.3. The van der Waals surface area contributed by atoms with Crippen LogP contribution in [0.5, 0.6) is 0 Å². The second-order valence-corrected chi connectivity index (χ2v) is 5.72. The van der Waals surface area contributed by atoms with Crippen LogP contribution < -0.4 is 16.7 Å². The molecule has 2 rings (SSSR count). The summed E-state index contributed by atoms with van der Waals surface area (Å²) in [5.74, 6) is -0.216. The molecule has 1 heterocycles. The van der Waals surface area contributed by atoms with Crippen LogP contribution in [-0.2, 0) is 0 Å². The van der Waals surface area contributed by atoms with Gasteiger partial charge in [-0.1, -0.05) is 0 Å². The maximum absolute atomic E-state index is 11.9. The minimum Gasteiger partial charge on any atom is -0.399 e. The molecule has 0 aliphatic rings. The SMILES string of the molecule is CNC(=O)c1ccc(N)cc1Sc1n[nH]c(=O)n1C(C)C. The Labute approximate surface area is 125 Å². The lowest BCUT2D eigenvalue weighted by Gasteiger charge is -2.11. The molecule has 8 heteroatoms. The highest BCUT2D eigenvalue weighted by atomic mass is 32.2. The Kier molecular flexibility index (Phi) is 4.37. The third kappa shape index (κ3) is 3.10. The van der Waals surface area contributed by atoms with Crippen molar-refractivity contribution in [1.82, 2.24) is 20.1 Å². The van der Waals surface area contributed by atoms with Crippen molar-refractivity contribution in [1.29, 1.82) is 0 Å². The normalized spacial score (nSPS) is 10.9. The zero-order valence-corrected chi connectivity index (χ0v) is 12.8. The topological polar surface area (TPSA) is 106 Å². The van der Waals surface area contributed by atoms with Crippen molar-refractivity contribution in [3.63, 3.8) is 0 Å². The molecule has 0 fully saturated rings. The second-order valence-electron chi connectivity index (χ2n) is 4.71. The number of carbonyl (C=O) groups excluding carboxylic acids is 1. The summed E-state index contributed by atoms with van der Waals surface area (Å²) >= 11 is 1.23. The average Bonchev–Trinajstić information content (AvgIpc) is 2.79. The molecule has 0 radical (unpaired) electrons. The summed E-state index contributed by atoms with van der Waals surface area (Å²) in [6.07, 6.45) is 0. The molecule has 0 spiro atoms. The first-order chi connectivity index (χ1) is 9.93. The van der Waals surface area contributed by atoms with Gasteiger partial charge in [0.05, 0.1) is 5.56 Å². The number of amides is 1. The minimum atomic E-state index is -0.280. The summed E-state index contributed by atoms with van der Waals surface area (Å²) in [6.45, 7) is 3.78. The number of carbonyl (C=O) groups is 1. The van der Waals surface area contributed by atoms with Crippen molar-refractivity contribution in [3.05, 3.63) is 34.2 Å². The van der Waals surface area contributed by atoms with Crippen LogP contribution in [0.2, 0.25) is 0 Å². The van der Waals surface area contributed by atoms with Crippen molar-refractivity contribution < 1.29 is 4.79 Å². The highest BCUT2D eigenvalue weighted by Gasteiger charge is 2.17. The number of nitrogens with one attached hydrogen (secondary N) is 2. The Hall–Kier alpha value is -2.22. The van der Waals surface area contributed by atoms with Gasteiger partial charge in [0.2, 0.25) is 0 Å². The predicted octanol–water partition coefficient (Wildman–Crippen LogP) is 1.25. The zero-order chi connectivity index (χ0) is 15.6. The van der Waals surface area contributed by atoms with Crippen LogP contribution >= 0.6 is 11.8 Å². The summed E-state index contributed by atoms with van der Waals surface area (Å²) in [6, 6.07) is 4.97. The number of rotatable bonds is 4. The van der Waals surface area contributed by atoms with E-state index in [0.29, 0.717) is 21.3 Å².